The van der Waals surface area contributed by atoms with Gasteiger partial charge in [0, 0.05) is 9.90 Å². The molecule has 0 spiro atoms. The van der Waals surface area contributed by atoms with Gasteiger partial charge in [-0.15, -0.1) is 11.3 Å². The van der Waals surface area contributed by atoms with E-state index in [0.29, 0.717) is 16.5 Å². The first-order valence-corrected chi connectivity index (χ1v) is 7.29. The van der Waals surface area contributed by atoms with E-state index < -0.39 is 0 Å². The fourth-order valence-corrected chi connectivity index (χ4v) is 3.12. The Hall–Kier alpha value is -1.56. The number of phenols is 1. The monoisotopic (exact) mass is 325 g/mol. The number of fused-ring (bicyclic) bond motifs is 1. The van der Waals surface area contributed by atoms with Crippen LogP contribution in [0.15, 0.2) is 24.3 Å². The molecular weight excluding hydrogens is 317 g/mol. The topological polar surface area (TPSA) is 58.0 Å². The zero-order valence-corrected chi connectivity index (χ0v) is 12.6. The molecule has 3 aromatic rings. The number of halogens is 2. The summed E-state index contributed by atoms with van der Waals surface area (Å²) in [6.07, 6.45) is 0. The number of nitrogens with one attached hydrogen (secondary N) is 1. The van der Waals surface area contributed by atoms with Crippen molar-refractivity contribution >= 4 is 56.3 Å². The van der Waals surface area contributed by atoms with Crippen molar-refractivity contribution < 1.29 is 5.11 Å². The Bertz CT molecular complexity index is 804. The third-order valence-electron chi connectivity index (χ3n) is 2.70. The second kappa shape index (κ2) is 5.09. The molecule has 0 bridgehead atoms. The average Bonchev–Trinajstić information content (AvgIpc) is 2.74. The highest BCUT2D eigenvalue weighted by Crippen LogP contribution is 2.34. The maximum Gasteiger partial charge on any atom is 0.225 e. The molecule has 0 atom stereocenters. The molecule has 0 unspecified atom stereocenters. The second-order valence-corrected chi connectivity index (χ2v) is 6.21. The number of anilines is 2. The van der Waals surface area contributed by atoms with Crippen LogP contribution in [0.3, 0.4) is 0 Å². The number of aromatic hydroxyl groups is 1. The van der Waals surface area contributed by atoms with E-state index in [2.05, 4.69) is 15.3 Å². The predicted octanol–water partition coefficient (Wildman–Crippen LogP) is 4.76. The summed E-state index contributed by atoms with van der Waals surface area (Å²) in [5.74, 6) is 0.631. The van der Waals surface area contributed by atoms with Crippen LogP contribution in [-0.4, -0.2) is 15.1 Å². The van der Waals surface area contributed by atoms with Crippen LogP contribution < -0.4 is 5.32 Å². The van der Waals surface area contributed by atoms with Crippen molar-refractivity contribution in [3.63, 3.8) is 0 Å². The largest absolute Gasteiger partial charge is 0.506 e. The van der Waals surface area contributed by atoms with Gasteiger partial charge < -0.3 is 10.4 Å². The quantitative estimate of drug-likeness (QED) is 0.527. The van der Waals surface area contributed by atoms with Crippen molar-refractivity contribution in [3.8, 4) is 5.75 Å². The maximum atomic E-state index is 9.85. The number of aromatic nitrogens is 2. The molecular formula is C13H9Cl2N3OS. The Kier molecular flexibility index (Phi) is 3.41. The van der Waals surface area contributed by atoms with E-state index in [4.69, 9.17) is 23.2 Å². The molecule has 0 fully saturated rings. The van der Waals surface area contributed by atoms with Crippen LogP contribution in [-0.2, 0) is 0 Å². The van der Waals surface area contributed by atoms with E-state index >= 15 is 0 Å². The number of thiophene rings is 1. The molecule has 0 saturated carbocycles. The Balaban J connectivity index is 2.12. The normalized spacial score (nSPS) is 10.9. The van der Waals surface area contributed by atoms with Crippen LogP contribution in [0.4, 0.5) is 11.5 Å². The maximum absolute atomic E-state index is 9.85. The Morgan fingerprint density at radius 1 is 1.20 bits per heavy atom. The minimum Gasteiger partial charge on any atom is -0.506 e. The van der Waals surface area contributed by atoms with Crippen LogP contribution in [0.25, 0.3) is 10.2 Å². The fourth-order valence-electron chi connectivity index (χ4n) is 1.85. The molecule has 0 amide bonds. The van der Waals surface area contributed by atoms with Gasteiger partial charge in [0.1, 0.15) is 16.4 Å². The van der Waals surface area contributed by atoms with Gasteiger partial charge in [0.05, 0.1) is 11.1 Å². The fraction of sp³-hybridized carbons (Fsp3) is 0.0769. The smallest absolute Gasteiger partial charge is 0.225 e. The van der Waals surface area contributed by atoms with E-state index in [1.54, 1.807) is 12.1 Å². The molecule has 0 saturated heterocycles. The highest BCUT2D eigenvalue weighted by atomic mass is 35.5. The first-order chi connectivity index (χ1) is 9.52. The number of phenolic OH excluding ortho intramolecular Hbond substituents is 1. The van der Waals surface area contributed by atoms with Gasteiger partial charge >= 0.3 is 0 Å². The molecule has 2 aromatic heterocycles. The second-order valence-electron chi connectivity index (χ2n) is 4.20. The number of benzene rings is 1. The molecule has 0 aliphatic heterocycles. The lowest BCUT2D eigenvalue weighted by atomic mass is 10.2. The van der Waals surface area contributed by atoms with Crippen LogP contribution >= 0.6 is 34.5 Å². The Labute approximate surface area is 129 Å². The zero-order chi connectivity index (χ0) is 14.3. The molecule has 3 rings (SSSR count). The highest BCUT2D eigenvalue weighted by molar-refractivity contribution is 7.18. The molecule has 7 heteroatoms. The van der Waals surface area contributed by atoms with Crippen LogP contribution in [0.1, 0.15) is 4.88 Å². The molecule has 20 heavy (non-hydrogen) atoms. The summed E-state index contributed by atoms with van der Waals surface area (Å²) in [5, 5.41) is 14.4. The molecule has 0 aliphatic carbocycles. The van der Waals surface area contributed by atoms with Crippen LogP contribution in [0, 0.1) is 6.92 Å². The summed E-state index contributed by atoms with van der Waals surface area (Å²) in [6.45, 7) is 1.99. The van der Waals surface area contributed by atoms with Crippen molar-refractivity contribution in [1.82, 2.24) is 9.97 Å². The standard InChI is InChI=1S/C13H9Cl2N3OS/c1-6-4-8-11(17-13(15)18-12(8)20-6)16-9-5-7(14)2-3-10(9)19/h2-5,19H,1H3,(H,16,17,18). The van der Waals surface area contributed by atoms with Gasteiger partial charge in [-0.1, -0.05) is 11.6 Å². The number of nitrogens with zero attached hydrogens (tertiary/aromatic N) is 2. The lowest BCUT2D eigenvalue weighted by molar-refractivity contribution is 0.478. The van der Waals surface area contributed by atoms with Crippen molar-refractivity contribution in [1.29, 1.82) is 0 Å². The number of hydrogen-bond donors (Lipinski definition) is 2. The summed E-state index contributed by atoms with van der Waals surface area (Å²) < 4.78 is 0. The van der Waals surface area contributed by atoms with Crippen LogP contribution in [0.5, 0.6) is 5.75 Å². The van der Waals surface area contributed by atoms with Crippen LogP contribution in [0.2, 0.25) is 10.3 Å². The summed E-state index contributed by atoms with van der Waals surface area (Å²) in [6, 6.07) is 6.72. The van der Waals surface area contributed by atoms with Gasteiger partial charge in [0.15, 0.2) is 0 Å². The van der Waals surface area contributed by atoms with E-state index in [1.807, 2.05) is 13.0 Å². The number of rotatable bonds is 2. The summed E-state index contributed by atoms with van der Waals surface area (Å²) in [7, 11) is 0. The molecule has 1 aromatic carbocycles. The average molecular weight is 326 g/mol. The summed E-state index contributed by atoms with van der Waals surface area (Å²) >= 11 is 13.4. The Morgan fingerprint density at radius 3 is 2.80 bits per heavy atom. The van der Waals surface area contributed by atoms with E-state index in [0.717, 1.165) is 15.1 Å². The first kappa shape index (κ1) is 13.4. The minimum atomic E-state index is 0.0873. The molecule has 0 aliphatic rings. The zero-order valence-electron chi connectivity index (χ0n) is 10.3. The van der Waals surface area contributed by atoms with Crippen molar-refractivity contribution in [3.05, 3.63) is 39.4 Å². The van der Waals surface area contributed by atoms with E-state index in [-0.39, 0.29) is 11.0 Å². The van der Waals surface area contributed by atoms with Gasteiger partial charge in [0.25, 0.3) is 0 Å². The minimum absolute atomic E-state index is 0.0873. The summed E-state index contributed by atoms with van der Waals surface area (Å²) in [4.78, 5) is 10.3. The van der Waals surface area contributed by atoms with Crippen molar-refractivity contribution in [2.24, 2.45) is 0 Å². The Morgan fingerprint density at radius 2 is 2.00 bits per heavy atom. The van der Waals surface area contributed by atoms with Gasteiger partial charge in [-0.25, -0.2) is 4.98 Å². The van der Waals surface area contributed by atoms with Gasteiger partial charge in [-0.3, -0.25) is 0 Å². The third-order valence-corrected chi connectivity index (χ3v) is 4.05. The molecule has 4 nitrogen and oxygen atoms in total. The lowest BCUT2D eigenvalue weighted by Gasteiger charge is -2.09. The van der Waals surface area contributed by atoms with Crippen molar-refractivity contribution in [2.75, 3.05) is 5.32 Å². The van der Waals surface area contributed by atoms with E-state index in [1.165, 1.54) is 17.4 Å². The lowest BCUT2D eigenvalue weighted by Crippen LogP contribution is -1.96. The third kappa shape index (κ3) is 2.52. The number of hydrogen-bond acceptors (Lipinski definition) is 5. The SMILES string of the molecule is Cc1cc2c(Nc3cc(Cl)ccc3O)nc(Cl)nc2s1. The summed E-state index contributed by atoms with van der Waals surface area (Å²) in [5.41, 5.74) is 0.470. The molecule has 2 N–H and O–H groups in total. The predicted molar refractivity (Wildman–Crippen MR) is 83.6 cm³/mol. The first-order valence-electron chi connectivity index (χ1n) is 5.72. The van der Waals surface area contributed by atoms with Crippen molar-refractivity contribution in [2.45, 2.75) is 6.92 Å². The molecule has 102 valence electrons. The number of aryl methyl sites for hydroxylation is 1. The van der Waals surface area contributed by atoms with E-state index in [9.17, 15) is 5.11 Å². The molecule has 2 heterocycles. The molecule has 0 radical (unpaired) electrons. The van der Waals surface area contributed by atoms with Gasteiger partial charge in [0.2, 0.25) is 5.28 Å². The highest BCUT2D eigenvalue weighted by Gasteiger charge is 2.11. The van der Waals surface area contributed by atoms with Gasteiger partial charge in [-0.2, -0.15) is 4.98 Å². The van der Waals surface area contributed by atoms with Gasteiger partial charge in [-0.05, 0) is 42.8 Å².